The molecule has 0 amide bonds. The fourth-order valence-corrected chi connectivity index (χ4v) is 6.37. The summed E-state index contributed by atoms with van der Waals surface area (Å²) in [7, 11) is 8.54. The van der Waals surface area contributed by atoms with Gasteiger partial charge in [0.2, 0.25) is 0 Å². The molecule has 0 N–H and O–H groups in total. The average Bonchev–Trinajstić information content (AvgIpc) is 3.12. The van der Waals surface area contributed by atoms with Crippen molar-refractivity contribution in [3.05, 3.63) is 191 Å². The van der Waals surface area contributed by atoms with Crippen molar-refractivity contribution in [2.45, 2.75) is 12.8 Å². The first-order valence-electron chi connectivity index (χ1n) is 16.7. The van der Waals surface area contributed by atoms with Gasteiger partial charge in [0.15, 0.2) is 0 Å². The van der Waals surface area contributed by atoms with Crippen molar-refractivity contribution in [1.82, 2.24) is 0 Å². The van der Waals surface area contributed by atoms with E-state index in [0.29, 0.717) is 0 Å². The largest absolute Gasteiger partial charge is 0.377 e. The van der Waals surface area contributed by atoms with Gasteiger partial charge < -0.3 is 9.80 Å². The number of anilines is 2. The zero-order valence-corrected chi connectivity index (χ0v) is 28.5. The first-order valence-corrected chi connectivity index (χ1v) is 16.7. The van der Waals surface area contributed by atoms with E-state index >= 15 is 0 Å². The zero-order valence-electron chi connectivity index (χ0n) is 28.5. The molecule has 48 heavy (non-hydrogen) atoms. The van der Waals surface area contributed by atoms with Crippen LogP contribution in [0, 0.1) is 0 Å². The van der Waals surface area contributed by atoms with Crippen molar-refractivity contribution in [2.75, 3.05) is 38.0 Å². The minimum Gasteiger partial charge on any atom is -0.377 e. The number of nitrogens with zero attached hydrogens (tertiary/aromatic N) is 2. The van der Waals surface area contributed by atoms with Crippen molar-refractivity contribution in [1.29, 1.82) is 0 Å². The van der Waals surface area contributed by atoms with Gasteiger partial charge in [0, 0.05) is 52.4 Å². The van der Waals surface area contributed by atoms with E-state index in [1.807, 2.05) is 0 Å². The average molecular weight is 625 g/mol. The Kier molecular flexibility index (Phi) is 10.3. The van der Waals surface area contributed by atoms with Gasteiger partial charge in [-0.05, 0) is 79.9 Å². The molecule has 0 aliphatic rings. The Hall–Kier alpha value is -5.60. The molecule has 2 nitrogen and oxygen atoms in total. The van der Waals surface area contributed by atoms with Crippen LogP contribution in [0.3, 0.4) is 0 Å². The third-order valence-corrected chi connectivity index (χ3v) is 8.79. The molecule has 0 spiro atoms. The summed E-state index contributed by atoms with van der Waals surface area (Å²) in [5.41, 5.74) is 15.0. The predicted molar refractivity (Wildman–Crippen MR) is 209 cm³/mol. The molecule has 238 valence electrons. The standard InChI is InChI=1S/C46H44N2/c1-47(2)45-27-25-39(31-43(45)33-41(37-21-13-7-14-22-37)29-35-17-9-5-10-18-35)40-26-28-46(48(3)4)44(32-40)34-42(38-23-15-8-16-24-38)30-36-19-11-6-12-20-36/h5-32H,33-34H2,1-4H3/b41-29-,42-30-. The van der Waals surface area contributed by atoms with Gasteiger partial charge in [-0.1, -0.05) is 146 Å². The van der Waals surface area contributed by atoms with Gasteiger partial charge in [-0.15, -0.1) is 0 Å². The number of allylic oxidation sites excluding steroid dienone is 2. The van der Waals surface area contributed by atoms with Gasteiger partial charge in [-0.2, -0.15) is 0 Å². The molecule has 0 aliphatic heterocycles. The van der Waals surface area contributed by atoms with Crippen molar-refractivity contribution in [3.63, 3.8) is 0 Å². The Morgan fingerprint density at radius 2 is 0.750 bits per heavy atom. The molecule has 0 saturated heterocycles. The van der Waals surface area contributed by atoms with E-state index in [-0.39, 0.29) is 0 Å². The van der Waals surface area contributed by atoms with E-state index in [0.717, 1.165) is 12.8 Å². The van der Waals surface area contributed by atoms with E-state index in [4.69, 9.17) is 0 Å². The fraction of sp³-hybridized carbons (Fsp3) is 0.130. The molecule has 0 aliphatic carbocycles. The minimum absolute atomic E-state index is 0.820. The number of hydrogen-bond acceptors (Lipinski definition) is 2. The van der Waals surface area contributed by atoms with E-state index in [1.165, 1.54) is 67.0 Å². The monoisotopic (exact) mass is 624 g/mol. The first kappa shape index (κ1) is 32.3. The highest BCUT2D eigenvalue weighted by molar-refractivity contribution is 5.86. The van der Waals surface area contributed by atoms with Crippen molar-refractivity contribution < 1.29 is 0 Å². The highest BCUT2D eigenvalue weighted by Crippen LogP contribution is 2.35. The molecule has 0 aromatic heterocycles. The van der Waals surface area contributed by atoms with E-state index in [1.54, 1.807) is 0 Å². The molecule has 0 fully saturated rings. The Bertz CT molecular complexity index is 1840. The van der Waals surface area contributed by atoms with Crippen LogP contribution in [-0.4, -0.2) is 28.2 Å². The van der Waals surface area contributed by atoms with E-state index < -0.39 is 0 Å². The van der Waals surface area contributed by atoms with Crippen molar-refractivity contribution in [3.8, 4) is 11.1 Å². The van der Waals surface area contributed by atoms with Crippen molar-refractivity contribution in [2.24, 2.45) is 0 Å². The molecule has 0 bridgehead atoms. The van der Waals surface area contributed by atoms with Gasteiger partial charge >= 0.3 is 0 Å². The minimum atomic E-state index is 0.820. The second kappa shape index (κ2) is 15.3. The van der Waals surface area contributed by atoms with Crippen LogP contribution in [0.1, 0.15) is 33.4 Å². The lowest BCUT2D eigenvalue weighted by Gasteiger charge is -2.22. The second-order valence-corrected chi connectivity index (χ2v) is 12.7. The highest BCUT2D eigenvalue weighted by Gasteiger charge is 2.15. The quantitative estimate of drug-likeness (QED) is 0.132. The molecule has 0 radical (unpaired) electrons. The summed E-state index contributed by atoms with van der Waals surface area (Å²) in [6.07, 6.45) is 6.30. The predicted octanol–water partition coefficient (Wildman–Crippen LogP) is 11.1. The summed E-state index contributed by atoms with van der Waals surface area (Å²) >= 11 is 0. The Morgan fingerprint density at radius 3 is 1.08 bits per heavy atom. The maximum atomic E-state index is 2.39. The molecule has 2 heteroatoms. The van der Waals surface area contributed by atoms with Gasteiger partial charge in [0.1, 0.15) is 0 Å². The Balaban J connectivity index is 1.42. The van der Waals surface area contributed by atoms with Gasteiger partial charge in [-0.25, -0.2) is 0 Å². The lowest BCUT2D eigenvalue weighted by atomic mass is 9.90. The Morgan fingerprint density at radius 1 is 0.417 bits per heavy atom. The highest BCUT2D eigenvalue weighted by atomic mass is 15.1. The summed E-state index contributed by atoms with van der Waals surface area (Å²) in [6, 6.07) is 56.7. The summed E-state index contributed by atoms with van der Waals surface area (Å²) in [5, 5.41) is 0. The molecule has 6 rings (SSSR count). The molecule has 0 heterocycles. The van der Waals surface area contributed by atoms with Crippen LogP contribution >= 0.6 is 0 Å². The van der Waals surface area contributed by atoms with Crippen molar-refractivity contribution >= 4 is 34.7 Å². The van der Waals surface area contributed by atoms with E-state index in [9.17, 15) is 0 Å². The van der Waals surface area contributed by atoms with E-state index in [2.05, 4.69) is 208 Å². The van der Waals surface area contributed by atoms with Gasteiger partial charge in [0.05, 0.1) is 0 Å². The molecular formula is C46H44N2. The van der Waals surface area contributed by atoms with Crippen LogP contribution in [-0.2, 0) is 12.8 Å². The maximum absolute atomic E-state index is 2.39. The Labute approximate surface area is 287 Å². The van der Waals surface area contributed by atoms with Crippen LogP contribution in [0.15, 0.2) is 158 Å². The summed E-state index contributed by atoms with van der Waals surface area (Å²) in [4.78, 5) is 4.46. The fourth-order valence-electron chi connectivity index (χ4n) is 6.37. The molecule has 6 aromatic rings. The SMILES string of the molecule is CN(C)c1ccc(-c2ccc(N(C)C)c(C/C(=C/c3ccccc3)c3ccccc3)c2)cc1C/C(=C/c1ccccc1)c1ccccc1. The van der Waals surface area contributed by atoms with Crippen LogP contribution in [0.25, 0.3) is 34.4 Å². The van der Waals surface area contributed by atoms with Crippen LogP contribution < -0.4 is 9.80 Å². The van der Waals surface area contributed by atoms with Crippen LogP contribution in [0.2, 0.25) is 0 Å². The van der Waals surface area contributed by atoms with Gasteiger partial charge in [-0.3, -0.25) is 0 Å². The molecule has 6 aromatic carbocycles. The van der Waals surface area contributed by atoms with Crippen LogP contribution in [0.4, 0.5) is 11.4 Å². The number of hydrogen-bond donors (Lipinski definition) is 0. The second-order valence-electron chi connectivity index (χ2n) is 12.7. The summed E-state index contributed by atoms with van der Waals surface area (Å²) in [5.74, 6) is 0. The zero-order chi connectivity index (χ0) is 33.3. The smallest absolute Gasteiger partial charge is 0.0397 e. The third-order valence-electron chi connectivity index (χ3n) is 8.79. The lowest BCUT2D eigenvalue weighted by molar-refractivity contribution is 1.09. The molecule has 0 atom stereocenters. The molecular weight excluding hydrogens is 581 g/mol. The lowest BCUT2D eigenvalue weighted by Crippen LogP contribution is -2.12. The topological polar surface area (TPSA) is 6.48 Å². The third kappa shape index (κ3) is 8.03. The summed E-state index contributed by atoms with van der Waals surface area (Å²) < 4.78 is 0. The van der Waals surface area contributed by atoms with Gasteiger partial charge in [0.25, 0.3) is 0 Å². The maximum Gasteiger partial charge on any atom is 0.0397 e. The number of benzene rings is 6. The van der Waals surface area contributed by atoms with Crippen LogP contribution in [0.5, 0.6) is 0 Å². The molecule has 0 saturated carbocycles. The number of rotatable bonds is 11. The summed E-state index contributed by atoms with van der Waals surface area (Å²) in [6.45, 7) is 0. The molecule has 0 unspecified atom stereocenters. The first-order chi connectivity index (χ1) is 23.4. The normalized spacial score (nSPS) is 11.8.